The van der Waals surface area contributed by atoms with Crippen LogP contribution in [0.25, 0.3) is 0 Å². The van der Waals surface area contributed by atoms with Crippen molar-refractivity contribution in [2.24, 2.45) is 0 Å². The van der Waals surface area contributed by atoms with Crippen LogP contribution in [-0.2, 0) is 0 Å². The van der Waals surface area contributed by atoms with Gasteiger partial charge in [-0.25, -0.2) is 0 Å². The first-order valence-corrected chi connectivity index (χ1v) is 5.11. The molecule has 0 spiro atoms. The van der Waals surface area contributed by atoms with Crippen LogP contribution < -0.4 is 16.4 Å². The van der Waals surface area contributed by atoms with Gasteiger partial charge in [-0.2, -0.15) is 0 Å². The van der Waals surface area contributed by atoms with Crippen LogP contribution >= 0.6 is 0 Å². The molecule has 1 aliphatic rings. The van der Waals surface area contributed by atoms with E-state index in [0.29, 0.717) is 5.95 Å². The van der Waals surface area contributed by atoms with Gasteiger partial charge in [0.25, 0.3) is 5.56 Å². The van der Waals surface area contributed by atoms with E-state index in [4.69, 9.17) is 0 Å². The van der Waals surface area contributed by atoms with E-state index in [1.54, 1.807) is 0 Å². The number of hydrazine groups is 1. The van der Waals surface area contributed by atoms with Crippen molar-refractivity contribution in [3.05, 3.63) is 40.5 Å². The maximum absolute atomic E-state index is 10.9. The minimum atomic E-state index is -0.285. The van der Waals surface area contributed by atoms with E-state index in [9.17, 15) is 4.79 Å². The van der Waals surface area contributed by atoms with E-state index < -0.39 is 0 Å². The van der Waals surface area contributed by atoms with Crippen LogP contribution in [0.15, 0.2) is 34.9 Å². The second-order valence-corrected chi connectivity index (χ2v) is 3.47. The molecular weight excluding hydrogens is 206 g/mol. The van der Waals surface area contributed by atoms with Gasteiger partial charge in [0.2, 0.25) is 5.95 Å². The molecule has 0 atom stereocenters. The summed E-state index contributed by atoms with van der Waals surface area (Å²) in [5, 5.41) is 7.22. The lowest BCUT2D eigenvalue weighted by molar-refractivity contribution is 0.855. The van der Waals surface area contributed by atoms with Crippen molar-refractivity contribution in [3.8, 4) is 0 Å². The largest absolute Gasteiger partial charge is 0.306 e. The summed E-state index contributed by atoms with van der Waals surface area (Å²) in [6.07, 6.45) is 10.4. The zero-order chi connectivity index (χ0) is 11.2. The van der Waals surface area contributed by atoms with Crippen LogP contribution in [0.5, 0.6) is 0 Å². The van der Waals surface area contributed by atoms with Gasteiger partial charge in [-0.05, 0) is 24.8 Å². The molecule has 16 heavy (non-hydrogen) atoms. The maximum atomic E-state index is 10.9. The van der Waals surface area contributed by atoms with Crippen LogP contribution in [0.2, 0.25) is 0 Å². The fraction of sp³-hybridized carbons (Fsp3) is 0.300. The van der Waals surface area contributed by atoms with Crippen molar-refractivity contribution in [2.45, 2.75) is 19.3 Å². The summed E-state index contributed by atoms with van der Waals surface area (Å²) in [7, 11) is 0. The molecule has 1 aliphatic carbocycles. The standard InChI is InChI=1S/C10H13N5O/c16-9-7-12-15-10(13-9)14-11-6-8-4-2-1-3-5-8/h1-2,6-7,11H,3-5H2,(H2,13,14,15,16)/b8-6+. The molecule has 0 unspecified atom stereocenters. The van der Waals surface area contributed by atoms with Gasteiger partial charge in [0.15, 0.2) is 0 Å². The van der Waals surface area contributed by atoms with E-state index in [2.05, 4.69) is 38.2 Å². The number of allylic oxidation sites excluding steroid dienone is 3. The minimum absolute atomic E-state index is 0.285. The molecule has 0 aliphatic heterocycles. The zero-order valence-corrected chi connectivity index (χ0v) is 8.73. The number of aromatic nitrogens is 3. The highest BCUT2D eigenvalue weighted by atomic mass is 16.1. The first-order valence-electron chi connectivity index (χ1n) is 5.11. The average Bonchev–Trinajstić information content (AvgIpc) is 2.30. The van der Waals surface area contributed by atoms with Crippen LogP contribution in [0, 0.1) is 0 Å². The molecule has 0 fully saturated rings. The highest BCUT2D eigenvalue weighted by Crippen LogP contribution is 2.15. The summed E-state index contributed by atoms with van der Waals surface area (Å²) in [5.74, 6) is 0.302. The molecule has 0 aromatic carbocycles. The van der Waals surface area contributed by atoms with Gasteiger partial charge in [-0.1, -0.05) is 12.2 Å². The van der Waals surface area contributed by atoms with Crippen LogP contribution in [0.4, 0.5) is 5.95 Å². The topological polar surface area (TPSA) is 82.7 Å². The lowest BCUT2D eigenvalue weighted by atomic mass is 10.0. The Balaban J connectivity index is 1.88. The zero-order valence-electron chi connectivity index (χ0n) is 8.73. The predicted octanol–water partition coefficient (Wildman–Crippen LogP) is 0.705. The quantitative estimate of drug-likeness (QED) is 0.515. The van der Waals surface area contributed by atoms with Gasteiger partial charge in [-0.15, -0.1) is 10.2 Å². The summed E-state index contributed by atoms with van der Waals surface area (Å²) in [4.78, 5) is 13.4. The fourth-order valence-electron chi connectivity index (χ4n) is 1.43. The van der Waals surface area contributed by atoms with Crippen LogP contribution in [0.3, 0.4) is 0 Å². The predicted molar refractivity (Wildman–Crippen MR) is 60.5 cm³/mol. The van der Waals surface area contributed by atoms with E-state index in [1.807, 2.05) is 6.20 Å². The molecular formula is C10H13N5O. The Labute approximate surface area is 92.5 Å². The molecule has 1 aromatic heterocycles. The number of aromatic amines is 1. The summed E-state index contributed by atoms with van der Waals surface area (Å²) < 4.78 is 0. The minimum Gasteiger partial charge on any atom is -0.306 e. The van der Waals surface area contributed by atoms with E-state index >= 15 is 0 Å². The lowest BCUT2D eigenvalue weighted by Gasteiger charge is -2.09. The monoisotopic (exact) mass is 219 g/mol. The number of rotatable bonds is 3. The van der Waals surface area contributed by atoms with Gasteiger partial charge in [0.1, 0.15) is 6.20 Å². The molecule has 6 heteroatoms. The molecule has 0 bridgehead atoms. The molecule has 1 heterocycles. The van der Waals surface area contributed by atoms with Crippen LogP contribution in [-0.4, -0.2) is 15.2 Å². The van der Waals surface area contributed by atoms with Crippen molar-refractivity contribution < 1.29 is 0 Å². The number of hydrogen-bond donors (Lipinski definition) is 3. The highest BCUT2D eigenvalue weighted by Gasteiger charge is 1.99. The fourth-order valence-corrected chi connectivity index (χ4v) is 1.43. The van der Waals surface area contributed by atoms with Crippen LogP contribution in [0.1, 0.15) is 19.3 Å². The summed E-state index contributed by atoms with van der Waals surface area (Å²) in [5.41, 5.74) is 6.66. The molecule has 0 amide bonds. The number of nitrogens with zero attached hydrogens (tertiary/aromatic N) is 2. The molecule has 0 saturated carbocycles. The van der Waals surface area contributed by atoms with Gasteiger partial charge < -0.3 is 5.43 Å². The van der Waals surface area contributed by atoms with Crippen molar-refractivity contribution in [3.63, 3.8) is 0 Å². The average molecular weight is 219 g/mol. The van der Waals surface area contributed by atoms with Gasteiger partial charge in [0.05, 0.1) is 0 Å². The molecule has 1 aromatic rings. The Morgan fingerprint density at radius 3 is 3.12 bits per heavy atom. The number of anilines is 1. The first-order chi connectivity index (χ1) is 7.84. The molecule has 3 N–H and O–H groups in total. The summed E-state index contributed by atoms with van der Waals surface area (Å²) in [6, 6.07) is 0. The van der Waals surface area contributed by atoms with Gasteiger partial charge >= 0.3 is 0 Å². The lowest BCUT2D eigenvalue weighted by Crippen LogP contribution is -2.21. The Morgan fingerprint density at radius 2 is 2.38 bits per heavy atom. The molecule has 0 saturated heterocycles. The molecule has 2 rings (SSSR count). The maximum Gasteiger partial charge on any atom is 0.271 e. The second kappa shape index (κ2) is 5.11. The second-order valence-electron chi connectivity index (χ2n) is 3.47. The third-order valence-electron chi connectivity index (χ3n) is 2.22. The highest BCUT2D eigenvalue weighted by molar-refractivity contribution is 5.20. The van der Waals surface area contributed by atoms with Crippen molar-refractivity contribution >= 4 is 5.95 Å². The Morgan fingerprint density at radius 1 is 1.44 bits per heavy atom. The third kappa shape index (κ3) is 2.94. The number of nitrogens with one attached hydrogen (secondary N) is 3. The summed E-state index contributed by atoms with van der Waals surface area (Å²) >= 11 is 0. The van der Waals surface area contributed by atoms with E-state index in [0.717, 1.165) is 25.5 Å². The molecule has 0 radical (unpaired) electrons. The smallest absolute Gasteiger partial charge is 0.271 e. The Hall–Kier alpha value is -2.11. The Kier molecular flexibility index (Phi) is 3.32. The Bertz CT molecular complexity index is 462. The van der Waals surface area contributed by atoms with E-state index in [1.165, 1.54) is 5.57 Å². The van der Waals surface area contributed by atoms with Crippen molar-refractivity contribution in [1.29, 1.82) is 0 Å². The SMILES string of the molecule is O=c1cnnc(NN/C=C2\CC=CCC2)[nH]1. The normalized spacial score (nSPS) is 17.4. The van der Waals surface area contributed by atoms with Gasteiger partial charge in [-0.3, -0.25) is 15.2 Å². The van der Waals surface area contributed by atoms with E-state index in [-0.39, 0.29) is 5.56 Å². The number of hydrogen-bond acceptors (Lipinski definition) is 5. The molecule has 6 nitrogen and oxygen atoms in total. The van der Waals surface area contributed by atoms with Crippen molar-refractivity contribution in [1.82, 2.24) is 20.6 Å². The number of H-pyrrole nitrogens is 1. The van der Waals surface area contributed by atoms with Gasteiger partial charge in [0, 0.05) is 6.20 Å². The summed E-state index contributed by atoms with van der Waals surface area (Å²) in [6.45, 7) is 0. The first kappa shape index (κ1) is 10.4. The third-order valence-corrected chi connectivity index (χ3v) is 2.22. The molecule has 84 valence electrons. The van der Waals surface area contributed by atoms with Crippen molar-refractivity contribution in [2.75, 3.05) is 5.43 Å².